The van der Waals surface area contributed by atoms with Crippen LogP contribution in [0.3, 0.4) is 0 Å². The maximum atomic E-state index is 13.2. The lowest BCUT2D eigenvalue weighted by atomic mass is 9.91. The molecule has 3 rings (SSSR count). The van der Waals surface area contributed by atoms with Crippen molar-refractivity contribution < 1.29 is 9.53 Å². The van der Waals surface area contributed by atoms with Crippen LogP contribution in [0.15, 0.2) is 60.7 Å². The third-order valence-corrected chi connectivity index (χ3v) is 4.99. The monoisotopic (exact) mass is 351 g/mol. The molecule has 0 spiro atoms. The maximum Gasteiger partial charge on any atom is 0.183 e. The molecule has 138 valence electrons. The molecule has 0 N–H and O–H groups in total. The lowest BCUT2D eigenvalue weighted by molar-refractivity contribution is -0.130. The van der Waals surface area contributed by atoms with Crippen LogP contribution >= 0.6 is 0 Å². The summed E-state index contributed by atoms with van der Waals surface area (Å²) < 4.78 is 5.49. The van der Waals surface area contributed by atoms with Crippen LogP contribution in [-0.4, -0.2) is 28.9 Å². The van der Waals surface area contributed by atoms with Crippen molar-refractivity contribution in [3.63, 3.8) is 0 Å². The molecule has 3 heteroatoms. The van der Waals surface area contributed by atoms with Gasteiger partial charge in [0.05, 0.1) is 12.6 Å². The van der Waals surface area contributed by atoms with Gasteiger partial charge in [0.25, 0.3) is 0 Å². The van der Waals surface area contributed by atoms with Crippen LogP contribution in [-0.2, 0) is 22.6 Å². The molecule has 0 bridgehead atoms. The Hall–Kier alpha value is -1.97. The van der Waals surface area contributed by atoms with E-state index in [0.717, 1.165) is 19.5 Å². The van der Waals surface area contributed by atoms with Crippen molar-refractivity contribution in [3.05, 3.63) is 71.8 Å². The number of hydrogen-bond donors (Lipinski definition) is 0. The topological polar surface area (TPSA) is 32.8 Å². The summed E-state index contributed by atoms with van der Waals surface area (Å²) in [4.78, 5) is 15.5. The highest BCUT2D eigenvalue weighted by Crippen LogP contribution is 2.32. The van der Waals surface area contributed by atoms with E-state index in [2.05, 4.69) is 67.3 Å². The smallest absolute Gasteiger partial charge is 0.183 e. The highest BCUT2D eigenvalue weighted by molar-refractivity contribution is 5.93. The second-order valence-electron chi connectivity index (χ2n) is 7.91. The van der Waals surface area contributed by atoms with Gasteiger partial charge < -0.3 is 4.74 Å². The van der Waals surface area contributed by atoms with Crippen molar-refractivity contribution >= 4 is 5.78 Å². The number of hydrogen-bond acceptors (Lipinski definition) is 3. The largest absolute Gasteiger partial charge is 0.362 e. The first-order valence-corrected chi connectivity index (χ1v) is 9.48. The Labute approximate surface area is 157 Å². The zero-order valence-corrected chi connectivity index (χ0v) is 16.0. The first kappa shape index (κ1) is 18.8. The van der Waals surface area contributed by atoms with Crippen LogP contribution in [0.5, 0.6) is 0 Å². The zero-order valence-electron chi connectivity index (χ0n) is 16.0. The number of nitrogens with zero attached hydrogens (tertiary/aromatic N) is 1. The summed E-state index contributed by atoms with van der Waals surface area (Å²) in [5.41, 5.74) is 1.87. The molecule has 1 aliphatic heterocycles. The molecule has 26 heavy (non-hydrogen) atoms. The Bertz CT molecular complexity index is 666. The number of epoxide rings is 1. The molecule has 0 aliphatic carbocycles. The Morgan fingerprint density at radius 1 is 1.00 bits per heavy atom. The predicted molar refractivity (Wildman–Crippen MR) is 105 cm³/mol. The zero-order chi connectivity index (χ0) is 18.6. The van der Waals surface area contributed by atoms with Crippen LogP contribution in [0.25, 0.3) is 0 Å². The Kier molecular flexibility index (Phi) is 5.90. The Balaban J connectivity index is 1.88. The van der Waals surface area contributed by atoms with E-state index < -0.39 is 5.60 Å². The number of rotatable bonds is 9. The van der Waals surface area contributed by atoms with Crippen molar-refractivity contribution in [2.24, 2.45) is 5.92 Å². The standard InChI is InChI=1S/C23H29NO2/c1-18(2)14-21(22(25)23(3)17-26-23)24(15-19-10-6-4-7-11-19)16-20-12-8-5-9-13-20/h4-13,18,21H,14-17H2,1-3H3/t21-,23-/m0/s1. The highest BCUT2D eigenvalue weighted by Gasteiger charge is 2.50. The molecule has 1 saturated heterocycles. The minimum atomic E-state index is -0.592. The fourth-order valence-corrected chi connectivity index (χ4v) is 3.38. The minimum absolute atomic E-state index is 0.136. The van der Waals surface area contributed by atoms with E-state index in [0.29, 0.717) is 12.5 Å². The summed E-state index contributed by atoms with van der Waals surface area (Å²) in [6.07, 6.45) is 0.845. The first-order valence-electron chi connectivity index (χ1n) is 9.48. The normalized spacial score (nSPS) is 20.3. The van der Waals surface area contributed by atoms with Gasteiger partial charge in [-0.2, -0.15) is 0 Å². The van der Waals surface area contributed by atoms with Gasteiger partial charge in [-0.25, -0.2) is 0 Å². The van der Waals surface area contributed by atoms with Crippen molar-refractivity contribution in [1.82, 2.24) is 4.90 Å². The summed E-state index contributed by atoms with van der Waals surface area (Å²) in [6, 6.07) is 20.7. The molecule has 2 aromatic carbocycles. The van der Waals surface area contributed by atoms with E-state index in [1.807, 2.05) is 19.1 Å². The Morgan fingerprint density at radius 2 is 1.46 bits per heavy atom. The van der Waals surface area contributed by atoms with Crippen LogP contribution in [0.4, 0.5) is 0 Å². The summed E-state index contributed by atoms with van der Waals surface area (Å²) in [5, 5.41) is 0. The number of ketones is 1. The molecule has 2 aromatic rings. The number of carbonyl (C=O) groups is 1. The molecule has 0 unspecified atom stereocenters. The van der Waals surface area contributed by atoms with Gasteiger partial charge in [-0.1, -0.05) is 74.5 Å². The van der Waals surface area contributed by atoms with E-state index >= 15 is 0 Å². The number of Topliss-reactive ketones (excluding diaryl/α,β-unsaturated/α-hetero) is 1. The van der Waals surface area contributed by atoms with E-state index in [4.69, 9.17) is 4.74 Å². The van der Waals surface area contributed by atoms with E-state index in [1.54, 1.807) is 0 Å². The average molecular weight is 351 g/mol. The number of carbonyl (C=O) groups excluding carboxylic acids is 1. The van der Waals surface area contributed by atoms with Crippen LogP contribution in [0.1, 0.15) is 38.3 Å². The van der Waals surface area contributed by atoms with Crippen molar-refractivity contribution in [1.29, 1.82) is 0 Å². The summed E-state index contributed by atoms with van der Waals surface area (Å²) in [6.45, 7) is 8.35. The molecule has 2 atom stereocenters. The summed E-state index contributed by atoms with van der Waals surface area (Å²) in [7, 11) is 0. The quantitative estimate of drug-likeness (QED) is 0.625. The lowest BCUT2D eigenvalue weighted by Gasteiger charge is -2.33. The van der Waals surface area contributed by atoms with Gasteiger partial charge >= 0.3 is 0 Å². The lowest BCUT2D eigenvalue weighted by Crippen LogP contribution is -2.46. The molecule has 0 aromatic heterocycles. The van der Waals surface area contributed by atoms with Gasteiger partial charge in [0.2, 0.25) is 0 Å². The molecule has 1 fully saturated rings. The average Bonchev–Trinajstić information content (AvgIpc) is 3.39. The second kappa shape index (κ2) is 8.15. The summed E-state index contributed by atoms with van der Waals surface area (Å²) >= 11 is 0. The van der Waals surface area contributed by atoms with Crippen molar-refractivity contribution in [3.8, 4) is 0 Å². The SMILES string of the molecule is CC(C)C[C@@H](C(=O)[C@]1(C)CO1)N(Cc1ccccc1)Cc1ccccc1. The number of ether oxygens (including phenoxy) is 1. The van der Waals surface area contributed by atoms with Gasteiger partial charge in [0.15, 0.2) is 5.78 Å². The molecule has 1 heterocycles. The van der Waals surface area contributed by atoms with Crippen LogP contribution in [0, 0.1) is 5.92 Å². The van der Waals surface area contributed by atoms with Crippen molar-refractivity contribution in [2.75, 3.05) is 6.61 Å². The molecular formula is C23H29NO2. The molecular weight excluding hydrogens is 322 g/mol. The fourth-order valence-electron chi connectivity index (χ4n) is 3.38. The van der Waals surface area contributed by atoms with Gasteiger partial charge in [0, 0.05) is 13.1 Å². The molecule has 3 nitrogen and oxygen atoms in total. The maximum absolute atomic E-state index is 13.2. The molecule has 1 aliphatic rings. The second-order valence-corrected chi connectivity index (χ2v) is 7.91. The van der Waals surface area contributed by atoms with E-state index in [1.165, 1.54) is 11.1 Å². The molecule has 0 saturated carbocycles. The van der Waals surface area contributed by atoms with Crippen molar-refractivity contribution in [2.45, 2.75) is 51.9 Å². The van der Waals surface area contributed by atoms with Crippen LogP contribution < -0.4 is 0 Å². The highest BCUT2D eigenvalue weighted by atomic mass is 16.6. The van der Waals surface area contributed by atoms with Crippen LogP contribution in [0.2, 0.25) is 0 Å². The fraction of sp³-hybridized carbons (Fsp3) is 0.435. The number of benzene rings is 2. The van der Waals surface area contributed by atoms with Gasteiger partial charge in [-0.05, 0) is 30.4 Å². The minimum Gasteiger partial charge on any atom is -0.362 e. The third-order valence-electron chi connectivity index (χ3n) is 4.99. The first-order chi connectivity index (χ1) is 12.5. The van der Waals surface area contributed by atoms with Gasteiger partial charge in [0.1, 0.15) is 5.60 Å². The Morgan fingerprint density at radius 3 is 1.85 bits per heavy atom. The van der Waals surface area contributed by atoms with Gasteiger partial charge in [-0.15, -0.1) is 0 Å². The molecule has 0 amide bonds. The third kappa shape index (κ3) is 4.80. The van der Waals surface area contributed by atoms with E-state index in [-0.39, 0.29) is 11.8 Å². The predicted octanol–water partition coefficient (Wildman–Crippen LogP) is 4.46. The van der Waals surface area contributed by atoms with E-state index in [9.17, 15) is 4.79 Å². The van der Waals surface area contributed by atoms with Gasteiger partial charge in [-0.3, -0.25) is 9.69 Å². The molecule has 0 radical (unpaired) electrons. The summed E-state index contributed by atoms with van der Waals surface area (Å²) in [5.74, 6) is 0.665.